The van der Waals surface area contributed by atoms with E-state index in [1.165, 1.54) is 0 Å². The van der Waals surface area contributed by atoms with Crippen molar-refractivity contribution < 1.29 is 14.3 Å². The summed E-state index contributed by atoms with van der Waals surface area (Å²) in [5.41, 5.74) is 3.01. The van der Waals surface area contributed by atoms with Crippen molar-refractivity contribution in [2.24, 2.45) is 0 Å². The number of rotatable bonds is 5. The quantitative estimate of drug-likeness (QED) is 0.703. The summed E-state index contributed by atoms with van der Waals surface area (Å²) in [5, 5.41) is 5.65. The average molecular weight is 360 g/mol. The van der Waals surface area contributed by atoms with E-state index in [2.05, 4.69) is 10.6 Å². The van der Waals surface area contributed by atoms with Crippen LogP contribution in [0.5, 0.6) is 5.75 Å². The molecule has 2 amide bonds. The van der Waals surface area contributed by atoms with Gasteiger partial charge in [0.25, 0.3) is 11.8 Å². The highest BCUT2D eigenvalue weighted by Crippen LogP contribution is 2.20. The summed E-state index contributed by atoms with van der Waals surface area (Å²) in [6, 6.07) is 21.2. The molecule has 0 aliphatic carbocycles. The van der Waals surface area contributed by atoms with Crippen LogP contribution in [0.25, 0.3) is 0 Å². The number of anilines is 2. The predicted molar refractivity (Wildman–Crippen MR) is 107 cm³/mol. The number of nitrogens with one attached hydrogen (secondary N) is 2. The van der Waals surface area contributed by atoms with Crippen LogP contribution in [-0.4, -0.2) is 18.9 Å². The van der Waals surface area contributed by atoms with Crippen molar-refractivity contribution >= 4 is 23.2 Å². The van der Waals surface area contributed by atoms with Gasteiger partial charge in [0.1, 0.15) is 5.75 Å². The summed E-state index contributed by atoms with van der Waals surface area (Å²) in [6.07, 6.45) is 0. The molecule has 5 nitrogen and oxygen atoms in total. The zero-order valence-electron chi connectivity index (χ0n) is 15.2. The maximum absolute atomic E-state index is 12.7. The molecule has 0 fully saturated rings. The van der Waals surface area contributed by atoms with Crippen molar-refractivity contribution in [3.05, 3.63) is 89.5 Å². The Morgan fingerprint density at radius 1 is 0.815 bits per heavy atom. The third-order valence-electron chi connectivity index (χ3n) is 4.05. The number of hydrogen-bond donors (Lipinski definition) is 2. The van der Waals surface area contributed by atoms with Crippen LogP contribution in [-0.2, 0) is 0 Å². The van der Waals surface area contributed by atoms with Crippen LogP contribution in [0.3, 0.4) is 0 Å². The van der Waals surface area contributed by atoms with E-state index >= 15 is 0 Å². The second-order valence-electron chi connectivity index (χ2n) is 6.05. The SMILES string of the molecule is COc1ccc(NC(=O)c2ccccc2NC(=O)c2cccc(C)c2)cc1. The van der Waals surface area contributed by atoms with E-state index in [0.717, 1.165) is 5.56 Å². The van der Waals surface area contributed by atoms with Gasteiger partial charge in [0, 0.05) is 11.3 Å². The van der Waals surface area contributed by atoms with Gasteiger partial charge in [-0.25, -0.2) is 0 Å². The molecule has 0 heterocycles. The van der Waals surface area contributed by atoms with Crippen LogP contribution < -0.4 is 15.4 Å². The second-order valence-corrected chi connectivity index (χ2v) is 6.05. The van der Waals surface area contributed by atoms with Crippen LogP contribution in [0.2, 0.25) is 0 Å². The van der Waals surface area contributed by atoms with Crippen molar-refractivity contribution in [1.82, 2.24) is 0 Å². The molecule has 0 aliphatic heterocycles. The molecular weight excluding hydrogens is 340 g/mol. The lowest BCUT2D eigenvalue weighted by molar-refractivity contribution is 0.102. The Morgan fingerprint density at radius 2 is 1.56 bits per heavy atom. The van der Waals surface area contributed by atoms with E-state index in [4.69, 9.17) is 4.74 Å². The summed E-state index contributed by atoms with van der Waals surface area (Å²) < 4.78 is 5.11. The summed E-state index contributed by atoms with van der Waals surface area (Å²) in [7, 11) is 1.58. The van der Waals surface area contributed by atoms with Crippen molar-refractivity contribution in [1.29, 1.82) is 0 Å². The molecule has 0 radical (unpaired) electrons. The van der Waals surface area contributed by atoms with Gasteiger partial charge in [-0.2, -0.15) is 0 Å². The predicted octanol–water partition coefficient (Wildman–Crippen LogP) is 4.51. The van der Waals surface area contributed by atoms with Gasteiger partial charge in [0.2, 0.25) is 0 Å². The number of amides is 2. The van der Waals surface area contributed by atoms with E-state index in [0.29, 0.717) is 28.3 Å². The molecule has 2 N–H and O–H groups in total. The molecule has 136 valence electrons. The molecular formula is C22H20N2O3. The monoisotopic (exact) mass is 360 g/mol. The lowest BCUT2D eigenvalue weighted by Gasteiger charge is -2.12. The molecule has 3 aromatic carbocycles. The molecule has 0 atom stereocenters. The normalized spacial score (nSPS) is 10.1. The van der Waals surface area contributed by atoms with E-state index in [1.54, 1.807) is 67.8 Å². The Kier molecular flexibility index (Phi) is 5.52. The Bertz CT molecular complexity index is 965. The molecule has 3 rings (SSSR count). The largest absolute Gasteiger partial charge is 0.497 e. The van der Waals surface area contributed by atoms with Crippen LogP contribution in [0.4, 0.5) is 11.4 Å². The highest BCUT2D eigenvalue weighted by atomic mass is 16.5. The zero-order valence-corrected chi connectivity index (χ0v) is 15.2. The number of ether oxygens (including phenoxy) is 1. The molecule has 3 aromatic rings. The number of carbonyl (C=O) groups excluding carboxylic acids is 2. The van der Waals surface area contributed by atoms with Crippen LogP contribution >= 0.6 is 0 Å². The minimum absolute atomic E-state index is 0.261. The first-order valence-electron chi connectivity index (χ1n) is 8.49. The molecule has 0 aliphatic rings. The summed E-state index contributed by atoms with van der Waals surface area (Å²) in [6.45, 7) is 1.92. The Hall–Kier alpha value is -3.60. The van der Waals surface area contributed by atoms with Crippen LogP contribution in [0.15, 0.2) is 72.8 Å². The Balaban J connectivity index is 1.78. The van der Waals surface area contributed by atoms with Gasteiger partial charge in [-0.15, -0.1) is 0 Å². The minimum Gasteiger partial charge on any atom is -0.497 e. The first-order chi connectivity index (χ1) is 13.1. The molecule has 0 bridgehead atoms. The molecule has 0 saturated heterocycles. The summed E-state index contributed by atoms with van der Waals surface area (Å²) in [5.74, 6) is 0.141. The molecule has 0 aromatic heterocycles. The molecule has 5 heteroatoms. The van der Waals surface area contributed by atoms with E-state index in [-0.39, 0.29) is 11.8 Å². The third kappa shape index (κ3) is 4.52. The van der Waals surface area contributed by atoms with Gasteiger partial charge in [-0.05, 0) is 55.5 Å². The maximum atomic E-state index is 12.7. The number of hydrogen-bond acceptors (Lipinski definition) is 3. The fourth-order valence-electron chi connectivity index (χ4n) is 2.64. The van der Waals surface area contributed by atoms with Crippen molar-refractivity contribution in [3.63, 3.8) is 0 Å². The van der Waals surface area contributed by atoms with Crippen molar-refractivity contribution in [2.45, 2.75) is 6.92 Å². The average Bonchev–Trinajstić information content (AvgIpc) is 2.69. The molecule has 0 saturated carbocycles. The lowest BCUT2D eigenvalue weighted by Crippen LogP contribution is -2.18. The van der Waals surface area contributed by atoms with Crippen LogP contribution in [0, 0.1) is 6.92 Å². The number of aryl methyl sites for hydroxylation is 1. The Labute approximate surface area is 158 Å². The Morgan fingerprint density at radius 3 is 2.26 bits per heavy atom. The van der Waals surface area contributed by atoms with Gasteiger partial charge < -0.3 is 15.4 Å². The standard InChI is InChI=1S/C22H20N2O3/c1-15-6-5-7-16(14-15)21(25)24-20-9-4-3-8-19(20)22(26)23-17-10-12-18(27-2)13-11-17/h3-14H,1-2H3,(H,23,26)(H,24,25). The van der Waals surface area contributed by atoms with Gasteiger partial charge in [0.05, 0.1) is 18.4 Å². The number of benzene rings is 3. The van der Waals surface area contributed by atoms with Crippen molar-refractivity contribution in [3.8, 4) is 5.75 Å². The highest BCUT2D eigenvalue weighted by molar-refractivity contribution is 6.12. The minimum atomic E-state index is -0.305. The van der Waals surface area contributed by atoms with Gasteiger partial charge >= 0.3 is 0 Å². The van der Waals surface area contributed by atoms with E-state index in [9.17, 15) is 9.59 Å². The first-order valence-corrected chi connectivity index (χ1v) is 8.49. The molecule has 27 heavy (non-hydrogen) atoms. The maximum Gasteiger partial charge on any atom is 0.257 e. The van der Waals surface area contributed by atoms with E-state index in [1.807, 2.05) is 19.1 Å². The lowest BCUT2D eigenvalue weighted by atomic mass is 10.1. The topological polar surface area (TPSA) is 67.4 Å². The van der Waals surface area contributed by atoms with Gasteiger partial charge in [0.15, 0.2) is 0 Å². The fourth-order valence-corrected chi connectivity index (χ4v) is 2.64. The van der Waals surface area contributed by atoms with Crippen molar-refractivity contribution in [2.75, 3.05) is 17.7 Å². The second kappa shape index (κ2) is 8.19. The number of methoxy groups -OCH3 is 1. The molecule has 0 spiro atoms. The smallest absolute Gasteiger partial charge is 0.257 e. The van der Waals surface area contributed by atoms with Crippen LogP contribution in [0.1, 0.15) is 26.3 Å². The highest BCUT2D eigenvalue weighted by Gasteiger charge is 2.14. The van der Waals surface area contributed by atoms with E-state index < -0.39 is 0 Å². The first kappa shape index (κ1) is 18.2. The molecule has 0 unspecified atom stereocenters. The summed E-state index contributed by atoms with van der Waals surface area (Å²) >= 11 is 0. The third-order valence-corrected chi connectivity index (χ3v) is 4.05. The summed E-state index contributed by atoms with van der Waals surface area (Å²) in [4.78, 5) is 25.2. The zero-order chi connectivity index (χ0) is 19.2. The van der Waals surface area contributed by atoms with Gasteiger partial charge in [-0.3, -0.25) is 9.59 Å². The van der Waals surface area contributed by atoms with Gasteiger partial charge in [-0.1, -0.05) is 29.8 Å². The number of carbonyl (C=O) groups is 2. The number of para-hydroxylation sites is 1. The fraction of sp³-hybridized carbons (Fsp3) is 0.0909.